The van der Waals surface area contributed by atoms with Crippen molar-refractivity contribution < 1.29 is 0 Å². The predicted molar refractivity (Wildman–Crippen MR) is 123 cm³/mol. The fourth-order valence-corrected chi connectivity index (χ4v) is 5.30. The van der Waals surface area contributed by atoms with Crippen LogP contribution in [0.25, 0.3) is 11.5 Å². The molecule has 2 saturated heterocycles. The highest BCUT2D eigenvalue weighted by molar-refractivity contribution is 5.55. The Labute approximate surface area is 181 Å². The zero-order chi connectivity index (χ0) is 20.5. The number of aromatic nitrogens is 3. The number of rotatable bonds is 7. The average molecular weight is 408 g/mol. The fraction of sp³-hybridized carbons (Fsp3) is 0.680. The Balaban J connectivity index is 1.13. The number of imidazole rings is 1. The number of hydrogen-bond acceptors (Lipinski definition) is 4. The van der Waals surface area contributed by atoms with Crippen LogP contribution < -0.4 is 4.90 Å². The third-order valence-electron chi connectivity index (χ3n) is 7.56. The van der Waals surface area contributed by atoms with Crippen LogP contribution in [0.4, 0.5) is 5.82 Å². The van der Waals surface area contributed by atoms with Crippen molar-refractivity contribution in [2.24, 2.45) is 11.8 Å². The average Bonchev–Trinajstić information content (AvgIpc) is 3.31. The highest BCUT2D eigenvalue weighted by Crippen LogP contribution is 2.39. The lowest BCUT2D eigenvalue weighted by molar-refractivity contribution is 0.142. The predicted octanol–water partition coefficient (Wildman–Crippen LogP) is 5.08. The number of H-pyrrole nitrogens is 1. The summed E-state index contributed by atoms with van der Waals surface area (Å²) in [6.07, 6.45) is 11.5. The zero-order valence-corrected chi connectivity index (χ0v) is 18.7. The van der Waals surface area contributed by atoms with E-state index < -0.39 is 0 Å². The molecule has 3 fully saturated rings. The number of likely N-dealkylation sites (tertiary alicyclic amines) is 1. The van der Waals surface area contributed by atoms with Crippen LogP contribution in [0.5, 0.6) is 0 Å². The maximum absolute atomic E-state index is 4.95. The molecule has 1 aliphatic carbocycles. The summed E-state index contributed by atoms with van der Waals surface area (Å²) in [4.78, 5) is 18.2. The molecule has 1 atom stereocenters. The SMILES string of the molecule is CC(C)N1CCC(CC[C@@H]2CCN(c3cccc(-c4ncc(C5CC5)[nH]4)n3)C2)CC1. The highest BCUT2D eigenvalue weighted by Gasteiger charge is 2.27. The van der Waals surface area contributed by atoms with Crippen molar-refractivity contribution in [3.8, 4) is 11.5 Å². The third kappa shape index (κ3) is 4.56. The number of piperidine rings is 1. The minimum absolute atomic E-state index is 0.700. The molecule has 5 nitrogen and oxygen atoms in total. The molecule has 2 aromatic heterocycles. The Bertz CT molecular complexity index is 832. The lowest BCUT2D eigenvalue weighted by atomic mass is 9.88. The van der Waals surface area contributed by atoms with Gasteiger partial charge in [-0.1, -0.05) is 12.5 Å². The Morgan fingerprint density at radius 1 is 1.00 bits per heavy atom. The second kappa shape index (κ2) is 8.70. The van der Waals surface area contributed by atoms with E-state index in [1.165, 1.54) is 63.7 Å². The first-order valence-electron chi connectivity index (χ1n) is 12.2. The lowest BCUT2D eigenvalue weighted by Gasteiger charge is -2.35. The van der Waals surface area contributed by atoms with Gasteiger partial charge in [-0.15, -0.1) is 0 Å². The van der Waals surface area contributed by atoms with Crippen molar-refractivity contribution >= 4 is 5.82 Å². The van der Waals surface area contributed by atoms with Crippen molar-refractivity contribution in [2.75, 3.05) is 31.1 Å². The molecule has 2 aromatic rings. The van der Waals surface area contributed by atoms with E-state index in [0.717, 1.165) is 42.3 Å². The summed E-state index contributed by atoms with van der Waals surface area (Å²) < 4.78 is 0. The summed E-state index contributed by atoms with van der Waals surface area (Å²) >= 11 is 0. The molecule has 2 aliphatic heterocycles. The summed E-state index contributed by atoms with van der Waals surface area (Å²) in [5, 5.41) is 0. The van der Waals surface area contributed by atoms with Gasteiger partial charge in [0.2, 0.25) is 0 Å². The van der Waals surface area contributed by atoms with E-state index >= 15 is 0 Å². The van der Waals surface area contributed by atoms with Crippen LogP contribution >= 0.6 is 0 Å². The normalized spacial score (nSPS) is 23.6. The number of pyridine rings is 1. The number of nitrogens with one attached hydrogen (secondary N) is 1. The molecular weight excluding hydrogens is 370 g/mol. The quantitative estimate of drug-likeness (QED) is 0.696. The molecule has 162 valence electrons. The molecule has 5 heteroatoms. The van der Waals surface area contributed by atoms with E-state index in [1.807, 2.05) is 6.20 Å². The minimum atomic E-state index is 0.700. The first kappa shape index (κ1) is 20.0. The van der Waals surface area contributed by atoms with Crippen LogP contribution in [0.2, 0.25) is 0 Å². The van der Waals surface area contributed by atoms with Crippen molar-refractivity contribution in [3.63, 3.8) is 0 Å². The molecule has 5 rings (SSSR count). The fourth-order valence-electron chi connectivity index (χ4n) is 5.30. The molecule has 0 spiro atoms. The Hall–Kier alpha value is -1.88. The van der Waals surface area contributed by atoms with Gasteiger partial charge in [0.25, 0.3) is 0 Å². The lowest BCUT2D eigenvalue weighted by Crippen LogP contribution is -2.38. The standard InChI is InChI=1S/C25H37N5/c1-18(2)29-13-10-19(11-14-29)6-7-20-12-15-30(17-20)24-5-3-4-22(27-24)25-26-16-23(28-25)21-8-9-21/h3-5,16,18-21H,6-15,17H2,1-2H3,(H,26,28)/t20-/m1/s1. The molecule has 1 N–H and O–H groups in total. The van der Waals surface area contributed by atoms with Gasteiger partial charge < -0.3 is 14.8 Å². The van der Waals surface area contributed by atoms with Crippen molar-refractivity contribution in [2.45, 2.75) is 70.8 Å². The number of hydrogen-bond donors (Lipinski definition) is 1. The van der Waals surface area contributed by atoms with Gasteiger partial charge in [-0.3, -0.25) is 0 Å². The molecule has 1 saturated carbocycles. The zero-order valence-electron chi connectivity index (χ0n) is 18.7. The highest BCUT2D eigenvalue weighted by atomic mass is 15.2. The molecule has 0 unspecified atom stereocenters. The van der Waals surface area contributed by atoms with Crippen molar-refractivity contribution in [1.29, 1.82) is 0 Å². The number of nitrogens with zero attached hydrogens (tertiary/aromatic N) is 4. The molecule has 4 heterocycles. The second-order valence-electron chi connectivity index (χ2n) is 10.1. The van der Waals surface area contributed by atoms with E-state index in [2.05, 4.69) is 51.8 Å². The van der Waals surface area contributed by atoms with Gasteiger partial charge in [0.15, 0.2) is 5.82 Å². The maximum atomic E-state index is 4.95. The van der Waals surface area contributed by atoms with E-state index in [9.17, 15) is 0 Å². The molecule has 0 radical (unpaired) electrons. The van der Waals surface area contributed by atoms with E-state index in [-0.39, 0.29) is 0 Å². The Morgan fingerprint density at radius 2 is 1.77 bits per heavy atom. The summed E-state index contributed by atoms with van der Waals surface area (Å²) in [5.74, 6) is 4.50. The van der Waals surface area contributed by atoms with Crippen LogP contribution in [0.1, 0.15) is 70.4 Å². The maximum Gasteiger partial charge on any atom is 0.156 e. The minimum Gasteiger partial charge on any atom is -0.356 e. The van der Waals surface area contributed by atoms with Gasteiger partial charge in [0, 0.05) is 36.9 Å². The van der Waals surface area contributed by atoms with Gasteiger partial charge in [0.05, 0.1) is 0 Å². The summed E-state index contributed by atoms with van der Waals surface area (Å²) in [7, 11) is 0. The van der Waals surface area contributed by atoms with Gasteiger partial charge in [-0.2, -0.15) is 0 Å². The Morgan fingerprint density at radius 3 is 2.53 bits per heavy atom. The Kier molecular flexibility index (Phi) is 5.81. The van der Waals surface area contributed by atoms with E-state index in [4.69, 9.17) is 4.98 Å². The van der Waals surface area contributed by atoms with Gasteiger partial charge in [-0.05, 0) is 89.4 Å². The van der Waals surface area contributed by atoms with E-state index in [1.54, 1.807) is 0 Å². The van der Waals surface area contributed by atoms with Crippen LogP contribution in [0.3, 0.4) is 0 Å². The van der Waals surface area contributed by atoms with Gasteiger partial charge in [0.1, 0.15) is 11.5 Å². The molecule has 30 heavy (non-hydrogen) atoms. The van der Waals surface area contributed by atoms with Crippen LogP contribution in [0.15, 0.2) is 24.4 Å². The molecule has 0 aromatic carbocycles. The van der Waals surface area contributed by atoms with Gasteiger partial charge in [-0.25, -0.2) is 9.97 Å². The smallest absolute Gasteiger partial charge is 0.156 e. The first-order valence-corrected chi connectivity index (χ1v) is 12.2. The first-order chi connectivity index (χ1) is 14.7. The second-order valence-corrected chi connectivity index (χ2v) is 10.1. The summed E-state index contributed by atoms with van der Waals surface area (Å²) in [6, 6.07) is 7.08. The van der Waals surface area contributed by atoms with Crippen molar-refractivity contribution in [3.05, 3.63) is 30.1 Å². The molecule has 0 amide bonds. The van der Waals surface area contributed by atoms with Crippen molar-refractivity contribution in [1.82, 2.24) is 19.9 Å². The van der Waals surface area contributed by atoms with Crippen LogP contribution in [0, 0.1) is 11.8 Å². The summed E-state index contributed by atoms with van der Waals surface area (Å²) in [6.45, 7) is 9.55. The topological polar surface area (TPSA) is 48.0 Å². The summed E-state index contributed by atoms with van der Waals surface area (Å²) in [5.41, 5.74) is 2.25. The largest absolute Gasteiger partial charge is 0.356 e. The number of aromatic amines is 1. The number of anilines is 1. The third-order valence-corrected chi connectivity index (χ3v) is 7.56. The molecule has 0 bridgehead atoms. The van der Waals surface area contributed by atoms with Crippen LogP contribution in [-0.4, -0.2) is 52.1 Å². The monoisotopic (exact) mass is 407 g/mol. The molecule has 3 aliphatic rings. The van der Waals surface area contributed by atoms with Crippen LogP contribution in [-0.2, 0) is 0 Å². The molecular formula is C25H37N5. The van der Waals surface area contributed by atoms with E-state index in [0.29, 0.717) is 12.0 Å². The van der Waals surface area contributed by atoms with Gasteiger partial charge >= 0.3 is 0 Å².